The van der Waals surface area contributed by atoms with Crippen LogP contribution in [-0.4, -0.2) is 0 Å². The van der Waals surface area contributed by atoms with E-state index in [2.05, 4.69) is 13.8 Å². The lowest BCUT2D eigenvalue weighted by molar-refractivity contribution is -0.188. The highest BCUT2D eigenvalue weighted by atomic mass is 19.3. The van der Waals surface area contributed by atoms with Crippen LogP contribution in [0.4, 0.5) is 13.2 Å². The summed E-state index contributed by atoms with van der Waals surface area (Å²) in [6.45, 7) is 4.43. The Bertz CT molecular complexity index is 975. The lowest BCUT2D eigenvalue weighted by Gasteiger charge is -2.32. The molecule has 4 heteroatoms. The van der Waals surface area contributed by atoms with Gasteiger partial charge in [-0.15, -0.1) is 0 Å². The second-order valence-electron chi connectivity index (χ2n) is 10.7. The van der Waals surface area contributed by atoms with Crippen molar-refractivity contribution in [2.45, 2.75) is 116 Å². The van der Waals surface area contributed by atoms with Crippen LogP contribution in [0.1, 0.15) is 120 Å². The van der Waals surface area contributed by atoms with E-state index < -0.39 is 11.9 Å². The first-order valence-electron chi connectivity index (χ1n) is 14.0. The molecule has 1 heterocycles. The summed E-state index contributed by atoms with van der Waals surface area (Å²) in [4.78, 5) is 0. The molecule has 2 aromatic rings. The van der Waals surface area contributed by atoms with Crippen molar-refractivity contribution in [1.29, 1.82) is 0 Å². The second-order valence-corrected chi connectivity index (χ2v) is 10.7. The van der Waals surface area contributed by atoms with E-state index in [0.29, 0.717) is 29.0 Å². The minimum Gasteiger partial charge on any atom is -0.425 e. The summed E-state index contributed by atoms with van der Waals surface area (Å²) >= 11 is 0. The molecule has 1 aliphatic heterocycles. The van der Waals surface area contributed by atoms with Gasteiger partial charge >= 0.3 is 6.11 Å². The summed E-state index contributed by atoms with van der Waals surface area (Å²) in [5.74, 6) is 0.142. The molecular formula is C31H41F3O. The molecule has 0 spiro atoms. The van der Waals surface area contributed by atoms with Crippen molar-refractivity contribution in [3.05, 3.63) is 52.8 Å². The first kappa shape index (κ1) is 26.1. The van der Waals surface area contributed by atoms with Crippen molar-refractivity contribution in [3.8, 4) is 16.9 Å². The number of ether oxygens (including phenoxy) is 1. The van der Waals surface area contributed by atoms with E-state index in [1.54, 1.807) is 24.3 Å². The lowest BCUT2D eigenvalue weighted by Crippen LogP contribution is -2.28. The first-order chi connectivity index (χ1) is 16.9. The third-order valence-electron chi connectivity index (χ3n) is 8.25. The number of rotatable bonds is 11. The van der Waals surface area contributed by atoms with Crippen molar-refractivity contribution in [1.82, 2.24) is 0 Å². The lowest BCUT2D eigenvalue weighted by atomic mass is 9.77. The van der Waals surface area contributed by atoms with Crippen LogP contribution in [0.25, 0.3) is 11.1 Å². The molecule has 192 valence electrons. The Balaban J connectivity index is 1.45. The zero-order valence-electron chi connectivity index (χ0n) is 21.5. The Morgan fingerprint density at radius 1 is 0.829 bits per heavy atom. The summed E-state index contributed by atoms with van der Waals surface area (Å²) in [5, 5.41) is 0. The molecule has 0 unspecified atom stereocenters. The number of halogens is 3. The molecule has 1 saturated carbocycles. The van der Waals surface area contributed by atoms with Gasteiger partial charge in [0.2, 0.25) is 0 Å². The minimum absolute atomic E-state index is 0.129. The summed E-state index contributed by atoms with van der Waals surface area (Å²) in [6, 6.07) is 8.85. The molecule has 0 radical (unpaired) electrons. The van der Waals surface area contributed by atoms with Gasteiger partial charge in [0.25, 0.3) is 0 Å². The number of hydrogen-bond donors (Lipinski definition) is 0. The van der Waals surface area contributed by atoms with Gasteiger partial charge in [-0.05, 0) is 73.1 Å². The van der Waals surface area contributed by atoms with Crippen LogP contribution in [0.5, 0.6) is 5.75 Å². The Morgan fingerprint density at radius 3 is 2.17 bits per heavy atom. The largest absolute Gasteiger partial charge is 0.427 e. The van der Waals surface area contributed by atoms with Crippen molar-refractivity contribution in [3.63, 3.8) is 0 Å². The second kappa shape index (κ2) is 11.8. The van der Waals surface area contributed by atoms with Gasteiger partial charge in [0.05, 0.1) is 5.56 Å². The molecule has 0 aromatic heterocycles. The highest BCUT2D eigenvalue weighted by Gasteiger charge is 2.44. The fourth-order valence-corrected chi connectivity index (χ4v) is 5.93. The topological polar surface area (TPSA) is 9.23 Å². The summed E-state index contributed by atoms with van der Waals surface area (Å²) in [7, 11) is 0. The first-order valence-corrected chi connectivity index (χ1v) is 14.0. The van der Waals surface area contributed by atoms with E-state index in [1.807, 2.05) is 6.07 Å². The quantitative estimate of drug-likeness (QED) is 0.287. The Kier molecular flexibility index (Phi) is 8.83. The SMILES string of the molecule is CCCCCCCCCCc1ccc2c(c1F)OC(F)(F)c1cc(C3CCC(CC)CC3)ccc1-2. The highest BCUT2D eigenvalue weighted by molar-refractivity contribution is 5.77. The Labute approximate surface area is 209 Å². The molecule has 0 N–H and O–H groups in total. The van der Waals surface area contributed by atoms with Gasteiger partial charge in [0.15, 0.2) is 11.6 Å². The van der Waals surface area contributed by atoms with Crippen LogP contribution in [0.15, 0.2) is 30.3 Å². The molecule has 0 saturated heterocycles. The maximum absolute atomic E-state index is 15.3. The maximum atomic E-state index is 15.3. The molecule has 1 nitrogen and oxygen atoms in total. The van der Waals surface area contributed by atoms with Crippen molar-refractivity contribution in [2.75, 3.05) is 0 Å². The third kappa shape index (κ3) is 6.06. The van der Waals surface area contributed by atoms with Crippen LogP contribution in [0, 0.1) is 11.7 Å². The van der Waals surface area contributed by atoms with Crippen LogP contribution in [0.3, 0.4) is 0 Å². The zero-order valence-corrected chi connectivity index (χ0v) is 21.5. The van der Waals surface area contributed by atoms with Gasteiger partial charge in [-0.3, -0.25) is 0 Å². The van der Waals surface area contributed by atoms with E-state index in [4.69, 9.17) is 4.74 Å². The zero-order chi connectivity index (χ0) is 24.8. The van der Waals surface area contributed by atoms with E-state index in [9.17, 15) is 0 Å². The fraction of sp³-hybridized carbons (Fsp3) is 0.613. The predicted octanol–water partition coefficient (Wildman–Crippen LogP) is 10.3. The van der Waals surface area contributed by atoms with Crippen LogP contribution >= 0.6 is 0 Å². The van der Waals surface area contributed by atoms with Crippen LogP contribution < -0.4 is 4.74 Å². The van der Waals surface area contributed by atoms with E-state index >= 15 is 13.2 Å². The van der Waals surface area contributed by atoms with Crippen LogP contribution in [0.2, 0.25) is 0 Å². The molecule has 0 amide bonds. The molecule has 1 aliphatic carbocycles. The summed E-state index contributed by atoms with van der Waals surface area (Å²) in [6.07, 6.45) is 11.9. The molecule has 35 heavy (non-hydrogen) atoms. The monoisotopic (exact) mass is 486 g/mol. The van der Waals surface area contributed by atoms with Crippen molar-refractivity contribution >= 4 is 0 Å². The standard InChI is InChI=1S/C31H41F3O/c1-3-5-6-7-8-9-10-11-12-24-17-20-27-26-19-18-25(23-15-13-22(4-2)14-16-23)21-28(26)31(33,34)35-30(27)29(24)32/h17-23H,3-16H2,1-2H3. The van der Waals surface area contributed by atoms with Crippen LogP contribution in [-0.2, 0) is 12.5 Å². The van der Waals surface area contributed by atoms with Gasteiger partial charge in [-0.2, -0.15) is 8.78 Å². The highest BCUT2D eigenvalue weighted by Crippen LogP contribution is 2.50. The maximum Gasteiger partial charge on any atom is 0.427 e. The molecule has 2 aliphatic rings. The van der Waals surface area contributed by atoms with E-state index in [-0.39, 0.29) is 11.3 Å². The Morgan fingerprint density at radius 2 is 1.49 bits per heavy atom. The molecule has 0 atom stereocenters. The van der Waals surface area contributed by atoms with Gasteiger partial charge in [-0.25, -0.2) is 4.39 Å². The van der Waals surface area contributed by atoms with Gasteiger partial charge in [0, 0.05) is 5.56 Å². The third-order valence-corrected chi connectivity index (χ3v) is 8.25. The minimum atomic E-state index is -3.53. The molecule has 1 fully saturated rings. The normalized spacial score (nSPS) is 20.7. The van der Waals surface area contributed by atoms with Gasteiger partial charge in [0.1, 0.15) is 0 Å². The van der Waals surface area contributed by atoms with Crippen molar-refractivity contribution < 1.29 is 17.9 Å². The number of hydrogen-bond acceptors (Lipinski definition) is 1. The molecule has 2 aromatic carbocycles. The predicted molar refractivity (Wildman–Crippen MR) is 138 cm³/mol. The van der Waals surface area contributed by atoms with Gasteiger partial charge < -0.3 is 4.74 Å². The molecule has 0 bridgehead atoms. The average Bonchev–Trinajstić information content (AvgIpc) is 2.87. The summed E-state index contributed by atoms with van der Waals surface area (Å²) in [5.41, 5.74) is 2.12. The summed E-state index contributed by atoms with van der Waals surface area (Å²) < 4.78 is 50.6. The number of fused-ring (bicyclic) bond motifs is 3. The fourth-order valence-electron chi connectivity index (χ4n) is 5.93. The molecular weight excluding hydrogens is 445 g/mol. The Hall–Kier alpha value is -1.97. The molecule has 4 rings (SSSR count). The van der Waals surface area contributed by atoms with Crippen molar-refractivity contribution in [2.24, 2.45) is 5.92 Å². The number of aryl methyl sites for hydroxylation is 1. The number of benzene rings is 2. The number of alkyl halides is 2. The number of unbranched alkanes of at least 4 members (excludes halogenated alkanes) is 7. The van der Waals surface area contributed by atoms with E-state index in [1.165, 1.54) is 38.5 Å². The van der Waals surface area contributed by atoms with E-state index in [0.717, 1.165) is 56.4 Å². The average molecular weight is 487 g/mol. The van der Waals surface area contributed by atoms with Gasteiger partial charge in [-0.1, -0.05) is 89.5 Å². The smallest absolute Gasteiger partial charge is 0.425 e.